The first-order valence-electron chi connectivity index (χ1n) is 6.47. The second-order valence-electron chi connectivity index (χ2n) is 4.32. The van der Waals surface area contributed by atoms with E-state index < -0.39 is 0 Å². The zero-order chi connectivity index (χ0) is 16.1. The maximum absolute atomic E-state index is 12.8. The molecule has 0 radical (unpaired) electrons. The Bertz CT molecular complexity index is 680. The fourth-order valence-electron chi connectivity index (χ4n) is 2.07. The van der Waals surface area contributed by atoms with Gasteiger partial charge in [0.15, 0.2) is 17.0 Å². The van der Waals surface area contributed by atoms with Gasteiger partial charge in [0.05, 0.1) is 25.8 Å². The maximum Gasteiger partial charge on any atom is 1.00 e. The minimum absolute atomic E-state index is 0. The van der Waals surface area contributed by atoms with Crippen molar-refractivity contribution in [3.63, 3.8) is 0 Å². The molecular weight excluding hydrogens is 374 g/mol. The normalized spacial score (nSPS) is 10.3. The summed E-state index contributed by atoms with van der Waals surface area (Å²) in [5.74, 6) is 1.32. The van der Waals surface area contributed by atoms with Gasteiger partial charge in [0, 0.05) is 6.07 Å². The van der Waals surface area contributed by atoms with Crippen LogP contribution in [0.1, 0.15) is 10.4 Å². The molecule has 23 heavy (non-hydrogen) atoms. The van der Waals surface area contributed by atoms with Crippen LogP contribution in [0.2, 0.25) is 0 Å². The molecule has 0 spiro atoms. The van der Waals surface area contributed by atoms with Gasteiger partial charge in [0.25, 0.3) is 0 Å². The zero-order valence-corrected chi connectivity index (χ0v) is 16.1. The van der Waals surface area contributed by atoms with Crippen molar-refractivity contribution in [3.05, 3.63) is 46.4 Å². The van der Waals surface area contributed by atoms with Gasteiger partial charge >= 0.3 is 18.9 Å². The van der Waals surface area contributed by atoms with Crippen LogP contribution in [0, 0.1) is 0 Å². The summed E-state index contributed by atoms with van der Waals surface area (Å²) in [4.78, 5) is 12.8. The number of benzene rings is 2. The van der Waals surface area contributed by atoms with E-state index in [1.54, 1.807) is 6.07 Å². The summed E-state index contributed by atoms with van der Waals surface area (Å²) >= 11 is 3.41. The first-order valence-corrected chi connectivity index (χ1v) is 8.26. The van der Waals surface area contributed by atoms with Gasteiger partial charge in [-0.05, 0) is 29.8 Å². The Morgan fingerprint density at radius 1 is 1.00 bits per heavy atom. The second kappa shape index (κ2) is 9.35. The van der Waals surface area contributed by atoms with Gasteiger partial charge in [-0.15, -0.1) is 0 Å². The van der Waals surface area contributed by atoms with Gasteiger partial charge < -0.3 is 14.2 Å². The van der Waals surface area contributed by atoms with Crippen molar-refractivity contribution < 1.29 is 37.9 Å². The van der Waals surface area contributed by atoms with Crippen molar-refractivity contribution in [1.29, 1.82) is 0 Å². The number of carbonyl (C=O) groups excluding carboxylic acids is 1. The Morgan fingerprint density at radius 2 is 1.61 bits per heavy atom. The number of carbonyl (C=O) groups is 1. The van der Waals surface area contributed by atoms with Gasteiger partial charge in [-0.1, -0.05) is 30.3 Å². The van der Waals surface area contributed by atoms with E-state index >= 15 is 0 Å². The van der Waals surface area contributed by atoms with Crippen molar-refractivity contribution in [3.8, 4) is 17.2 Å². The van der Waals surface area contributed by atoms with Crippen LogP contribution >= 0.6 is 24.5 Å². The Morgan fingerprint density at radius 3 is 2.13 bits per heavy atom. The third kappa shape index (κ3) is 4.52. The van der Waals surface area contributed by atoms with Crippen molar-refractivity contribution in [1.82, 2.24) is 0 Å². The van der Waals surface area contributed by atoms with Crippen LogP contribution in [0.4, 0.5) is 0 Å². The summed E-state index contributed by atoms with van der Waals surface area (Å²) in [5, 5.41) is 0.954. The molecule has 2 aromatic rings. The monoisotopic (exact) mass is 389 g/mol. The van der Waals surface area contributed by atoms with Crippen LogP contribution in [0.3, 0.4) is 0 Å². The molecule has 0 N–H and O–H groups in total. The Balaban J connectivity index is 0.00000264. The van der Waals surface area contributed by atoms with E-state index in [1.807, 2.05) is 30.3 Å². The summed E-state index contributed by atoms with van der Waals surface area (Å²) < 4.78 is 16.7. The zero-order valence-electron chi connectivity index (χ0n) is 13.5. The quantitative estimate of drug-likeness (QED) is 0.536. The molecule has 1 unspecified atom stereocenters. The van der Waals surface area contributed by atoms with E-state index in [2.05, 4.69) is 15.9 Å². The molecule has 0 aromatic heterocycles. The summed E-state index contributed by atoms with van der Waals surface area (Å²) in [6, 6.07) is 11.3. The van der Waals surface area contributed by atoms with Crippen LogP contribution in [-0.4, -0.2) is 26.9 Å². The number of rotatable bonds is 6. The number of ether oxygens (including phenoxy) is 3. The van der Waals surface area contributed by atoms with Crippen molar-refractivity contribution in [2.45, 2.75) is 0 Å². The van der Waals surface area contributed by atoms with Crippen molar-refractivity contribution in [2.75, 3.05) is 21.3 Å². The number of hydrogen-bond donors (Lipinski definition) is 0. The van der Waals surface area contributed by atoms with E-state index in [1.165, 1.54) is 21.3 Å². The van der Waals surface area contributed by atoms with Crippen LogP contribution < -0.4 is 38.4 Å². The molecular formula is C16H16BrLiO4P+. The van der Waals surface area contributed by atoms with Crippen LogP contribution in [-0.2, 0) is 0 Å². The van der Waals surface area contributed by atoms with E-state index in [0.29, 0.717) is 27.3 Å². The van der Waals surface area contributed by atoms with E-state index in [4.69, 9.17) is 14.2 Å². The second-order valence-corrected chi connectivity index (χ2v) is 6.46. The van der Waals surface area contributed by atoms with E-state index in [9.17, 15) is 4.79 Å². The number of halogens is 1. The smallest absolute Gasteiger partial charge is 0.495 e. The van der Waals surface area contributed by atoms with Gasteiger partial charge in [-0.25, -0.2) is 0 Å². The first-order chi connectivity index (χ1) is 10.6. The molecule has 0 fully saturated rings. The Kier molecular flexibility index (Phi) is 8.15. The molecule has 0 heterocycles. The molecule has 116 valence electrons. The fraction of sp³-hybridized carbons (Fsp3) is 0.188. The minimum atomic E-state index is -0.0699. The molecule has 4 nitrogen and oxygen atoms in total. The molecule has 7 heteroatoms. The third-order valence-electron chi connectivity index (χ3n) is 3.04. The standard InChI is InChI=1S/C16H16BrO4P.Li/c1-19-12-9-11(17)14(20-2)13(15(12)21-3)16(18)22-10-7-5-4-6-8-10;/h4-9,22H,1-3H3;/q;+1. The van der Waals surface area contributed by atoms with Gasteiger partial charge in [-0.3, -0.25) is 4.79 Å². The van der Waals surface area contributed by atoms with Gasteiger partial charge in [0.1, 0.15) is 11.3 Å². The first kappa shape index (κ1) is 20.1. The molecule has 0 bridgehead atoms. The van der Waals surface area contributed by atoms with Crippen LogP contribution in [0.25, 0.3) is 0 Å². The van der Waals surface area contributed by atoms with Crippen LogP contribution in [0.15, 0.2) is 40.9 Å². The Labute approximate surface area is 158 Å². The Hall–Kier alpha value is -0.983. The van der Waals surface area contributed by atoms with Gasteiger partial charge in [-0.2, -0.15) is 0 Å². The molecule has 0 aliphatic heterocycles. The molecule has 0 aliphatic carbocycles. The largest absolute Gasteiger partial charge is 1.00 e. The molecule has 2 rings (SSSR count). The molecule has 0 saturated carbocycles. The summed E-state index contributed by atoms with van der Waals surface area (Å²) in [6.07, 6.45) is 0. The topological polar surface area (TPSA) is 44.8 Å². The van der Waals surface area contributed by atoms with E-state index in [0.717, 1.165) is 5.30 Å². The molecule has 1 atom stereocenters. The fourth-order valence-corrected chi connectivity index (χ4v) is 3.61. The summed E-state index contributed by atoms with van der Waals surface area (Å²) in [5.41, 5.74) is 0.318. The number of hydrogen-bond acceptors (Lipinski definition) is 4. The molecule has 0 amide bonds. The number of methoxy groups -OCH3 is 3. The molecule has 2 aromatic carbocycles. The summed E-state index contributed by atoms with van der Waals surface area (Å²) in [7, 11) is 4.54. The SMILES string of the molecule is COc1cc(Br)c(OC)c(C(=O)Pc2ccccc2)c1OC.[Li+]. The predicted octanol–water partition coefficient (Wildman–Crippen LogP) is 0.623. The van der Waals surface area contributed by atoms with Crippen molar-refractivity contribution in [2.24, 2.45) is 0 Å². The molecule has 0 saturated heterocycles. The van der Waals surface area contributed by atoms with E-state index in [-0.39, 0.29) is 33.0 Å². The maximum atomic E-state index is 12.8. The van der Waals surface area contributed by atoms with Crippen LogP contribution in [0.5, 0.6) is 17.2 Å². The predicted molar refractivity (Wildman–Crippen MR) is 92.5 cm³/mol. The average Bonchev–Trinajstić information content (AvgIpc) is 2.54. The van der Waals surface area contributed by atoms with Gasteiger partial charge in [0.2, 0.25) is 0 Å². The van der Waals surface area contributed by atoms with Crippen molar-refractivity contribution >= 4 is 35.3 Å². The summed E-state index contributed by atoms with van der Waals surface area (Å²) in [6.45, 7) is 0. The minimum Gasteiger partial charge on any atom is -0.495 e. The molecule has 0 aliphatic rings. The average molecular weight is 390 g/mol. The third-order valence-corrected chi connectivity index (χ3v) is 4.73.